The molecule has 28 heavy (non-hydrogen) atoms. The van der Waals surface area contributed by atoms with Crippen molar-refractivity contribution in [1.82, 2.24) is 13.9 Å². The molecule has 1 N–H and O–H groups in total. The lowest BCUT2D eigenvalue weighted by atomic mass is 9.96. The minimum absolute atomic E-state index is 0.0423. The molecule has 1 saturated heterocycles. The second-order valence-corrected chi connectivity index (χ2v) is 9.86. The summed E-state index contributed by atoms with van der Waals surface area (Å²) in [6, 6.07) is 8.18. The molecule has 1 atom stereocenters. The first kappa shape index (κ1) is 21.6. The van der Waals surface area contributed by atoms with E-state index in [9.17, 15) is 8.42 Å². The van der Waals surface area contributed by atoms with Gasteiger partial charge in [-0.25, -0.2) is 4.72 Å². The number of nitrogens with zero attached hydrogens (tertiary/aromatic N) is 2. The zero-order valence-corrected chi connectivity index (χ0v) is 18.1. The number of rotatable bonds is 8. The Morgan fingerprint density at radius 3 is 2.29 bits per heavy atom. The average Bonchev–Trinajstić information content (AvgIpc) is 2.75. The fourth-order valence-corrected chi connectivity index (χ4v) is 5.62. The summed E-state index contributed by atoms with van der Waals surface area (Å²) in [6.45, 7) is 2.42. The molecule has 1 saturated carbocycles. The fraction of sp³-hybridized carbons (Fsp3) is 0.714. The minimum atomic E-state index is -3.48. The molecule has 0 bridgehead atoms. The summed E-state index contributed by atoms with van der Waals surface area (Å²) in [7, 11) is -0.0996. The number of ether oxygens (including phenoxy) is 1. The average molecular weight is 410 g/mol. The van der Waals surface area contributed by atoms with Crippen LogP contribution >= 0.6 is 0 Å². The van der Waals surface area contributed by atoms with Crippen LogP contribution in [0.3, 0.4) is 0 Å². The van der Waals surface area contributed by atoms with Crippen LogP contribution in [0.2, 0.25) is 0 Å². The summed E-state index contributed by atoms with van der Waals surface area (Å²) in [5.74, 6) is 0.818. The highest BCUT2D eigenvalue weighted by molar-refractivity contribution is 7.87. The van der Waals surface area contributed by atoms with Crippen LogP contribution in [0.25, 0.3) is 0 Å². The molecule has 0 aromatic heterocycles. The van der Waals surface area contributed by atoms with Crippen molar-refractivity contribution in [1.29, 1.82) is 0 Å². The third kappa shape index (κ3) is 5.47. The van der Waals surface area contributed by atoms with E-state index in [4.69, 9.17) is 4.74 Å². The first-order valence-electron chi connectivity index (χ1n) is 10.6. The number of methoxy groups -OCH3 is 1. The largest absolute Gasteiger partial charge is 0.497 e. The Morgan fingerprint density at radius 1 is 1.07 bits per heavy atom. The molecule has 1 aliphatic carbocycles. The van der Waals surface area contributed by atoms with E-state index in [2.05, 4.69) is 21.8 Å². The summed E-state index contributed by atoms with van der Waals surface area (Å²) < 4.78 is 35.6. The highest BCUT2D eigenvalue weighted by Crippen LogP contribution is 2.27. The smallest absolute Gasteiger partial charge is 0.279 e. The molecule has 1 aliphatic heterocycles. The Kier molecular flexibility index (Phi) is 7.74. The maximum Gasteiger partial charge on any atom is 0.279 e. The van der Waals surface area contributed by atoms with Gasteiger partial charge in [0.25, 0.3) is 10.2 Å². The second-order valence-electron chi connectivity index (χ2n) is 8.05. The zero-order valence-electron chi connectivity index (χ0n) is 17.3. The van der Waals surface area contributed by atoms with E-state index in [1.165, 1.54) is 25.7 Å². The van der Waals surface area contributed by atoms with Crippen LogP contribution in [-0.2, 0) is 10.2 Å². The normalized spacial score (nSPS) is 21.0. The van der Waals surface area contributed by atoms with Gasteiger partial charge in [-0.3, -0.25) is 4.90 Å². The van der Waals surface area contributed by atoms with Gasteiger partial charge < -0.3 is 4.74 Å². The van der Waals surface area contributed by atoms with Crippen LogP contribution in [0.5, 0.6) is 5.75 Å². The van der Waals surface area contributed by atoms with Crippen molar-refractivity contribution < 1.29 is 13.2 Å². The summed E-state index contributed by atoms with van der Waals surface area (Å²) >= 11 is 0. The molecule has 1 unspecified atom stereocenters. The topological polar surface area (TPSA) is 61.9 Å². The lowest BCUT2D eigenvalue weighted by Gasteiger charge is -2.36. The minimum Gasteiger partial charge on any atom is -0.497 e. The molecule has 3 rings (SSSR count). The van der Waals surface area contributed by atoms with Gasteiger partial charge in [0.05, 0.1) is 7.11 Å². The van der Waals surface area contributed by atoms with Crippen LogP contribution in [0.1, 0.15) is 63.0 Å². The van der Waals surface area contributed by atoms with Gasteiger partial charge >= 0.3 is 0 Å². The summed E-state index contributed by atoms with van der Waals surface area (Å²) in [5.41, 5.74) is 1.13. The van der Waals surface area contributed by atoms with Gasteiger partial charge in [0.1, 0.15) is 5.75 Å². The lowest BCUT2D eigenvalue weighted by Crippen LogP contribution is -2.48. The molecule has 1 heterocycles. The quantitative estimate of drug-likeness (QED) is 0.715. The Morgan fingerprint density at radius 2 is 1.68 bits per heavy atom. The SMILES string of the molecule is COc1ccc(C(CNS(=O)(=O)N(C)C2CCCCC2)N2CCCCC2)cc1. The molecule has 1 aromatic rings. The molecule has 0 spiro atoms. The van der Waals surface area contributed by atoms with Crippen LogP contribution in [0.15, 0.2) is 24.3 Å². The Hall–Kier alpha value is -1.15. The van der Waals surface area contributed by atoms with Crippen LogP contribution < -0.4 is 9.46 Å². The predicted molar refractivity (Wildman–Crippen MR) is 113 cm³/mol. The lowest BCUT2D eigenvalue weighted by molar-refractivity contribution is 0.164. The fourth-order valence-electron chi connectivity index (χ4n) is 4.44. The third-order valence-electron chi connectivity index (χ3n) is 6.26. The molecule has 6 nitrogen and oxygen atoms in total. The van der Waals surface area contributed by atoms with Crippen molar-refractivity contribution in [2.24, 2.45) is 0 Å². The number of benzene rings is 1. The van der Waals surface area contributed by atoms with Crippen molar-refractivity contribution in [3.8, 4) is 5.75 Å². The number of hydrogen-bond acceptors (Lipinski definition) is 4. The molecule has 2 fully saturated rings. The van der Waals surface area contributed by atoms with E-state index in [0.717, 1.165) is 50.1 Å². The number of nitrogens with one attached hydrogen (secondary N) is 1. The van der Waals surface area contributed by atoms with Gasteiger partial charge in [0, 0.05) is 25.7 Å². The number of likely N-dealkylation sites (tertiary alicyclic amines) is 1. The van der Waals surface area contributed by atoms with Crippen LogP contribution in [0, 0.1) is 0 Å². The molecular weight excluding hydrogens is 374 g/mol. The van der Waals surface area contributed by atoms with Crippen molar-refractivity contribution in [3.63, 3.8) is 0 Å². The van der Waals surface area contributed by atoms with Crippen molar-refractivity contribution in [3.05, 3.63) is 29.8 Å². The van der Waals surface area contributed by atoms with Gasteiger partial charge in [-0.2, -0.15) is 12.7 Å². The first-order chi connectivity index (χ1) is 13.5. The standard InChI is InChI=1S/C21H35N3O3S/c1-23(19-9-5-3-6-10-19)28(25,26)22-17-21(24-15-7-4-8-16-24)18-11-13-20(27-2)14-12-18/h11-14,19,21-22H,3-10,15-17H2,1-2H3. The van der Waals surface area contributed by atoms with E-state index in [1.54, 1.807) is 18.5 Å². The highest BCUT2D eigenvalue weighted by Gasteiger charge is 2.29. The number of hydrogen-bond donors (Lipinski definition) is 1. The number of piperidine rings is 1. The van der Waals surface area contributed by atoms with Crippen molar-refractivity contribution in [2.45, 2.75) is 63.5 Å². The molecule has 0 radical (unpaired) electrons. The molecule has 1 aromatic carbocycles. The van der Waals surface area contributed by atoms with E-state index < -0.39 is 10.2 Å². The van der Waals surface area contributed by atoms with Gasteiger partial charge in [-0.15, -0.1) is 0 Å². The van der Waals surface area contributed by atoms with Crippen LogP contribution in [-0.4, -0.2) is 57.5 Å². The Balaban J connectivity index is 1.70. The first-order valence-corrected chi connectivity index (χ1v) is 12.1. The van der Waals surface area contributed by atoms with E-state index >= 15 is 0 Å². The van der Waals surface area contributed by atoms with Gasteiger partial charge in [-0.05, 0) is 56.5 Å². The maximum atomic E-state index is 12.9. The molecule has 7 heteroatoms. The second kappa shape index (κ2) is 10.1. The van der Waals surface area contributed by atoms with Crippen molar-refractivity contribution >= 4 is 10.2 Å². The highest BCUT2D eigenvalue weighted by atomic mass is 32.2. The Bertz CT molecular complexity index is 696. The predicted octanol–water partition coefficient (Wildman–Crippen LogP) is 3.32. The molecule has 0 amide bonds. The van der Waals surface area contributed by atoms with Gasteiger partial charge in [0.15, 0.2) is 0 Å². The van der Waals surface area contributed by atoms with Gasteiger partial charge in [-0.1, -0.05) is 37.8 Å². The van der Waals surface area contributed by atoms with E-state index in [0.29, 0.717) is 6.54 Å². The monoisotopic (exact) mass is 409 g/mol. The van der Waals surface area contributed by atoms with E-state index in [-0.39, 0.29) is 12.1 Å². The van der Waals surface area contributed by atoms with Crippen LogP contribution in [0.4, 0.5) is 0 Å². The summed E-state index contributed by atoms with van der Waals surface area (Å²) in [6.07, 6.45) is 8.97. The molecular formula is C21H35N3O3S. The van der Waals surface area contributed by atoms with Crippen molar-refractivity contribution in [2.75, 3.05) is 33.8 Å². The summed E-state index contributed by atoms with van der Waals surface area (Å²) in [5, 5.41) is 0. The summed E-state index contributed by atoms with van der Waals surface area (Å²) in [4.78, 5) is 2.41. The zero-order chi connectivity index (χ0) is 20.0. The molecule has 158 valence electrons. The van der Waals surface area contributed by atoms with E-state index in [1.807, 2.05) is 12.1 Å². The third-order valence-corrected chi connectivity index (χ3v) is 7.85. The maximum absolute atomic E-state index is 12.9. The Labute approximate surface area is 170 Å². The molecule has 2 aliphatic rings. The van der Waals surface area contributed by atoms with Gasteiger partial charge in [0.2, 0.25) is 0 Å².